The molecule has 1 aromatic rings. The number of carbonyl (C=O) groups is 1. The summed E-state index contributed by atoms with van der Waals surface area (Å²) in [4.78, 5) is 13.2. The van der Waals surface area contributed by atoms with Gasteiger partial charge in [-0.3, -0.25) is 9.69 Å². The second-order valence-electron chi connectivity index (χ2n) is 5.02. The van der Waals surface area contributed by atoms with Gasteiger partial charge in [-0.15, -0.1) is 0 Å². The van der Waals surface area contributed by atoms with Crippen LogP contribution in [0.4, 0.5) is 5.69 Å². The SMILES string of the molecule is Cc1c(N)cccc1CN1CCC(C(=O)O)CC1. The summed E-state index contributed by atoms with van der Waals surface area (Å²) in [5, 5.41) is 8.96. The molecule has 0 unspecified atom stereocenters. The monoisotopic (exact) mass is 248 g/mol. The van der Waals surface area contributed by atoms with Crippen molar-refractivity contribution in [2.24, 2.45) is 5.92 Å². The molecule has 1 fully saturated rings. The average Bonchev–Trinajstić information content (AvgIpc) is 2.36. The van der Waals surface area contributed by atoms with Gasteiger partial charge >= 0.3 is 5.97 Å². The number of nitrogens with two attached hydrogens (primary N) is 1. The second-order valence-corrected chi connectivity index (χ2v) is 5.02. The molecule has 0 saturated carbocycles. The van der Waals surface area contributed by atoms with Crippen LogP contribution >= 0.6 is 0 Å². The molecule has 0 amide bonds. The number of carboxylic acid groups (broad SMARTS) is 1. The van der Waals surface area contributed by atoms with Gasteiger partial charge in [-0.2, -0.15) is 0 Å². The fourth-order valence-electron chi connectivity index (χ4n) is 2.45. The lowest BCUT2D eigenvalue weighted by Crippen LogP contribution is -2.36. The molecular formula is C14H20N2O2. The van der Waals surface area contributed by atoms with Crippen molar-refractivity contribution in [3.8, 4) is 0 Å². The van der Waals surface area contributed by atoms with Gasteiger partial charge in [0, 0.05) is 12.2 Å². The predicted molar refractivity (Wildman–Crippen MR) is 71.2 cm³/mol. The Bertz CT molecular complexity index is 437. The normalized spacial score (nSPS) is 17.8. The van der Waals surface area contributed by atoms with Gasteiger partial charge in [-0.05, 0) is 50.0 Å². The van der Waals surface area contributed by atoms with Crippen LogP contribution in [-0.2, 0) is 11.3 Å². The van der Waals surface area contributed by atoms with Crippen LogP contribution in [0.2, 0.25) is 0 Å². The maximum atomic E-state index is 10.9. The van der Waals surface area contributed by atoms with Crippen molar-refractivity contribution in [2.45, 2.75) is 26.3 Å². The summed E-state index contributed by atoms with van der Waals surface area (Å²) >= 11 is 0. The van der Waals surface area contributed by atoms with Crippen molar-refractivity contribution >= 4 is 11.7 Å². The number of hydrogen-bond donors (Lipinski definition) is 2. The van der Waals surface area contributed by atoms with Gasteiger partial charge in [0.05, 0.1) is 5.92 Å². The first-order valence-corrected chi connectivity index (χ1v) is 6.37. The topological polar surface area (TPSA) is 66.6 Å². The Morgan fingerprint density at radius 3 is 2.72 bits per heavy atom. The first-order chi connectivity index (χ1) is 8.58. The minimum Gasteiger partial charge on any atom is -0.481 e. The summed E-state index contributed by atoms with van der Waals surface area (Å²) in [7, 11) is 0. The molecule has 1 saturated heterocycles. The van der Waals surface area contributed by atoms with Crippen LogP contribution in [0.3, 0.4) is 0 Å². The average molecular weight is 248 g/mol. The lowest BCUT2D eigenvalue weighted by molar-refractivity contribution is -0.143. The molecule has 4 heteroatoms. The van der Waals surface area contributed by atoms with Crippen LogP contribution in [0.15, 0.2) is 18.2 Å². The van der Waals surface area contributed by atoms with Crippen molar-refractivity contribution in [1.82, 2.24) is 4.90 Å². The van der Waals surface area contributed by atoms with Gasteiger partial charge in [0.2, 0.25) is 0 Å². The lowest BCUT2D eigenvalue weighted by Gasteiger charge is -2.30. The molecule has 0 spiro atoms. The third kappa shape index (κ3) is 2.82. The molecule has 1 aliphatic rings. The zero-order chi connectivity index (χ0) is 13.1. The first kappa shape index (κ1) is 12.9. The Morgan fingerprint density at radius 1 is 1.44 bits per heavy atom. The largest absolute Gasteiger partial charge is 0.481 e. The maximum absolute atomic E-state index is 10.9. The van der Waals surface area contributed by atoms with E-state index in [4.69, 9.17) is 10.8 Å². The van der Waals surface area contributed by atoms with Gasteiger partial charge in [0.1, 0.15) is 0 Å². The number of benzene rings is 1. The number of anilines is 1. The third-order valence-corrected chi connectivity index (χ3v) is 3.82. The Balaban J connectivity index is 1.96. The highest BCUT2D eigenvalue weighted by Gasteiger charge is 2.24. The molecule has 4 nitrogen and oxygen atoms in total. The molecule has 98 valence electrons. The summed E-state index contributed by atoms with van der Waals surface area (Å²) in [6, 6.07) is 5.98. The molecule has 0 radical (unpaired) electrons. The zero-order valence-electron chi connectivity index (χ0n) is 10.7. The van der Waals surface area contributed by atoms with E-state index < -0.39 is 5.97 Å². The van der Waals surface area contributed by atoms with Crippen LogP contribution in [0.25, 0.3) is 0 Å². The Morgan fingerprint density at radius 2 is 2.11 bits per heavy atom. The zero-order valence-corrected chi connectivity index (χ0v) is 10.7. The maximum Gasteiger partial charge on any atom is 0.306 e. The fraction of sp³-hybridized carbons (Fsp3) is 0.500. The summed E-state index contributed by atoms with van der Waals surface area (Å²) in [6.07, 6.45) is 1.49. The number of nitrogen functional groups attached to an aromatic ring is 1. The number of rotatable bonds is 3. The number of likely N-dealkylation sites (tertiary alicyclic amines) is 1. The molecule has 2 rings (SSSR count). The van der Waals surface area contributed by atoms with Crippen LogP contribution in [0, 0.1) is 12.8 Å². The Labute approximate surface area is 107 Å². The molecule has 0 aliphatic carbocycles. The highest BCUT2D eigenvalue weighted by atomic mass is 16.4. The van der Waals surface area contributed by atoms with Gasteiger partial charge < -0.3 is 10.8 Å². The first-order valence-electron chi connectivity index (χ1n) is 6.37. The number of nitrogens with zero attached hydrogens (tertiary/aromatic N) is 1. The van der Waals surface area contributed by atoms with Crippen molar-refractivity contribution < 1.29 is 9.90 Å². The standard InChI is InChI=1S/C14H20N2O2/c1-10-12(3-2-4-13(10)15)9-16-7-5-11(6-8-16)14(17)18/h2-4,11H,5-9,15H2,1H3,(H,17,18). The van der Waals surface area contributed by atoms with E-state index in [-0.39, 0.29) is 5.92 Å². The van der Waals surface area contributed by atoms with Crippen LogP contribution < -0.4 is 5.73 Å². The van der Waals surface area contributed by atoms with Gasteiger partial charge in [0.25, 0.3) is 0 Å². The van der Waals surface area contributed by atoms with Crippen LogP contribution in [-0.4, -0.2) is 29.1 Å². The fourth-order valence-corrected chi connectivity index (χ4v) is 2.45. The van der Waals surface area contributed by atoms with Crippen LogP contribution in [0.1, 0.15) is 24.0 Å². The quantitative estimate of drug-likeness (QED) is 0.801. The molecule has 1 heterocycles. The van der Waals surface area contributed by atoms with E-state index in [2.05, 4.69) is 11.0 Å². The highest BCUT2D eigenvalue weighted by molar-refractivity contribution is 5.70. The molecular weight excluding hydrogens is 228 g/mol. The van der Waals surface area contributed by atoms with Crippen molar-refractivity contribution in [1.29, 1.82) is 0 Å². The molecule has 0 bridgehead atoms. The van der Waals surface area contributed by atoms with Crippen molar-refractivity contribution in [3.05, 3.63) is 29.3 Å². The molecule has 1 aromatic carbocycles. The van der Waals surface area contributed by atoms with E-state index in [1.807, 2.05) is 19.1 Å². The van der Waals surface area contributed by atoms with E-state index in [9.17, 15) is 4.79 Å². The third-order valence-electron chi connectivity index (χ3n) is 3.82. The molecule has 1 aliphatic heterocycles. The van der Waals surface area contributed by atoms with E-state index in [0.29, 0.717) is 0 Å². The summed E-state index contributed by atoms with van der Waals surface area (Å²) < 4.78 is 0. The Kier molecular flexibility index (Phi) is 3.87. The van der Waals surface area contributed by atoms with Crippen molar-refractivity contribution in [2.75, 3.05) is 18.8 Å². The number of piperidine rings is 1. The van der Waals surface area contributed by atoms with E-state index in [1.54, 1.807) is 0 Å². The highest BCUT2D eigenvalue weighted by Crippen LogP contribution is 2.22. The second kappa shape index (κ2) is 5.40. The van der Waals surface area contributed by atoms with E-state index >= 15 is 0 Å². The van der Waals surface area contributed by atoms with Gasteiger partial charge in [-0.25, -0.2) is 0 Å². The van der Waals surface area contributed by atoms with Gasteiger partial charge in [0.15, 0.2) is 0 Å². The number of hydrogen-bond acceptors (Lipinski definition) is 3. The summed E-state index contributed by atoms with van der Waals surface area (Å²) in [5.41, 5.74) is 9.09. The minimum atomic E-state index is -0.658. The molecule has 3 N–H and O–H groups in total. The van der Waals surface area contributed by atoms with Crippen LogP contribution in [0.5, 0.6) is 0 Å². The number of aliphatic carboxylic acids is 1. The minimum absolute atomic E-state index is 0.164. The molecule has 18 heavy (non-hydrogen) atoms. The van der Waals surface area contributed by atoms with E-state index in [1.165, 1.54) is 5.56 Å². The Hall–Kier alpha value is -1.55. The lowest BCUT2D eigenvalue weighted by atomic mass is 9.96. The van der Waals surface area contributed by atoms with Crippen molar-refractivity contribution in [3.63, 3.8) is 0 Å². The summed E-state index contributed by atoms with van der Waals surface area (Å²) in [6.45, 7) is 4.61. The predicted octanol–water partition coefficient (Wildman–Crippen LogP) is 1.87. The molecule has 0 atom stereocenters. The van der Waals surface area contributed by atoms with Gasteiger partial charge in [-0.1, -0.05) is 12.1 Å². The smallest absolute Gasteiger partial charge is 0.306 e. The molecule has 0 aromatic heterocycles. The number of carboxylic acids is 1. The summed E-state index contributed by atoms with van der Waals surface area (Å²) in [5.74, 6) is -0.821. The van der Waals surface area contributed by atoms with E-state index in [0.717, 1.165) is 43.7 Å².